The number of hydrogen-bond acceptors (Lipinski definition) is 4. The number of phenolic OH excluding ortho intramolecular Hbond substituents is 1. The summed E-state index contributed by atoms with van der Waals surface area (Å²) < 4.78 is 0. The van der Waals surface area contributed by atoms with Crippen molar-refractivity contribution in [1.29, 1.82) is 0 Å². The van der Waals surface area contributed by atoms with Crippen LogP contribution < -0.4 is 11.5 Å². The zero-order valence-corrected chi connectivity index (χ0v) is 12.4. The predicted octanol–water partition coefficient (Wildman–Crippen LogP) is 2.21. The maximum Gasteiger partial charge on any atom is 0.226 e. The van der Waals surface area contributed by atoms with Crippen molar-refractivity contribution >= 4 is 16.7 Å². The largest absolute Gasteiger partial charge is 0.508 e. The van der Waals surface area contributed by atoms with E-state index in [9.17, 15) is 9.90 Å². The van der Waals surface area contributed by atoms with Crippen molar-refractivity contribution in [1.82, 2.24) is 4.98 Å². The summed E-state index contributed by atoms with van der Waals surface area (Å²) in [7, 11) is 0. The first-order valence-electron chi connectivity index (χ1n) is 7.24. The van der Waals surface area contributed by atoms with Crippen molar-refractivity contribution in [2.24, 2.45) is 11.5 Å². The van der Waals surface area contributed by atoms with Gasteiger partial charge in [-0.25, -0.2) is 0 Å². The molecule has 1 amide bonds. The van der Waals surface area contributed by atoms with Crippen molar-refractivity contribution in [3.8, 4) is 5.75 Å². The van der Waals surface area contributed by atoms with Crippen LogP contribution in [0, 0.1) is 0 Å². The van der Waals surface area contributed by atoms with Gasteiger partial charge in [0.05, 0.1) is 5.92 Å². The predicted molar refractivity (Wildman–Crippen MR) is 88.7 cm³/mol. The number of pyridine rings is 1. The third-order valence-electron chi connectivity index (χ3n) is 3.94. The van der Waals surface area contributed by atoms with E-state index in [0.717, 1.165) is 16.3 Å². The Labute approximate surface area is 133 Å². The average molecular weight is 307 g/mol. The molecule has 0 spiro atoms. The van der Waals surface area contributed by atoms with E-state index in [1.807, 2.05) is 24.3 Å². The Bertz CT molecular complexity index is 864. The van der Waals surface area contributed by atoms with Crippen LogP contribution in [0.5, 0.6) is 5.75 Å². The highest BCUT2D eigenvalue weighted by atomic mass is 16.3. The number of benzene rings is 2. The van der Waals surface area contributed by atoms with Crippen molar-refractivity contribution in [2.45, 2.75) is 12.0 Å². The summed E-state index contributed by atoms with van der Waals surface area (Å²) in [5, 5.41) is 11.6. The molecule has 23 heavy (non-hydrogen) atoms. The number of aromatic hydroxyl groups is 1. The van der Waals surface area contributed by atoms with Gasteiger partial charge in [0.2, 0.25) is 5.91 Å². The number of nitrogens with two attached hydrogens (primary N) is 2. The van der Waals surface area contributed by atoms with E-state index in [2.05, 4.69) is 4.98 Å². The molecule has 0 radical (unpaired) electrons. The van der Waals surface area contributed by atoms with E-state index in [-0.39, 0.29) is 5.75 Å². The van der Waals surface area contributed by atoms with Gasteiger partial charge in [0.1, 0.15) is 5.75 Å². The van der Waals surface area contributed by atoms with Gasteiger partial charge < -0.3 is 16.6 Å². The first-order chi connectivity index (χ1) is 11.1. The molecular weight excluding hydrogens is 290 g/mol. The molecule has 5 nitrogen and oxygen atoms in total. The Morgan fingerprint density at radius 2 is 1.87 bits per heavy atom. The number of primary amides is 1. The molecule has 5 N–H and O–H groups in total. The third kappa shape index (κ3) is 3.00. The number of phenols is 1. The second kappa shape index (κ2) is 6.06. The molecule has 0 fully saturated rings. The molecule has 0 aliphatic rings. The summed E-state index contributed by atoms with van der Waals surface area (Å²) >= 11 is 0. The summed E-state index contributed by atoms with van der Waals surface area (Å²) in [5.41, 5.74) is 13.3. The van der Waals surface area contributed by atoms with Crippen molar-refractivity contribution in [2.75, 3.05) is 0 Å². The standard InChI is InChI=1S/C18H17N3O2/c19-17(13-4-5-14-10-21-7-6-11(14)8-13)16(18(20)23)12-2-1-3-15(22)9-12/h1-10,16-17,22H,19H2,(H2,20,23). The molecule has 0 bridgehead atoms. The molecular formula is C18H17N3O2. The lowest BCUT2D eigenvalue weighted by atomic mass is 9.86. The van der Waals surface area contributed by atoms with Gasteiger partial charge in [-0.2, -0.15) is 0 Å². The van der Waals surface area contributed by atoms with Gasteiger partial charge in [-0.3, -0.25) is 9.78 Å². The van der Waals surface area contributed by atoms with Crippen LogP contribution in [0.25, 0.3) is 10.8 Å². The molecule has 3 rings (SSSR count). The van der Waals surface area contributed by atoms with Crippen LogP contribution in [0.3, 0.4) is 0 Å². The maximum absolute atomic E-state index is 11.9. The molecule has 5 heteroatoms. The SMILES string of the molecule is NC(=O)C(c1cccc(O)c1)C(N)c1ccc2cnccc2c1. The highest BCUT2D eigenvalue weighted by Gasteiger charge is 2.27. The molecule has 2 aromatic carbocycles. The number of amides is 1. The van der Waals surface area contributed by atoms with Crippen LogP contribution in [-0.2, 0) is 4.79 Å². The van der Waals surface area contributed by atoms with Gasteiger partial charge in [-0.15, -0.1) is 0 Å². The number of nitrogens with zero attached hydrogens (tertiary/aromatic N) is 1. The highest BCUT2D eigenvalue weighted by molar-refractivity contribution is 5.85. The Hall–Kier alpha value is -2.92. The monoisotopic (exact) mass is 307 g/mol. The van der Waals surface area contributed by atoms with E-state index in [4.69, 9.17) is 11.5 Å². The first-order valence-corrected chi connectivity index (χ1v) is 7.24. The normalized spacial score (nSPS) is 13.6. The number of carbonyl (C=O) groups excluding carboxylic acids is 1. The summed E-state index contributed by atoms with van der Waals surface area (Å²) in [6.07, 6.45) is 3.48. The number of carbonyl (C=O) groups is 1. The first kappa shape index (κ1) is 15.0. The van der Waals surface area contributed by atoms with Gasteiger partial charge in [0.15, 0.2) is 0 Å². The molecule has 0 aliphatic heterocycles. The number of fused-ring (bicyclic) bond motifs is 1. The van der Waals surface area contributed by atoms with Crippen LogP contribution in [0.1, 0.15) is 23.1 Å². The van der Waals surface area contributed by atoms with E-state index >= 15 is 0 Å². The smallest absolute Gasteiger partial charge is 0.226 e. The fourth-order valence-corrected chi connectivity index (χ4v) is 2.77. The molecule has 116 valence electrons. The van der Waals surface area contributed by atoms with Crippen molar-refractivity contribution in [3.05, 3.63) is 72.1 Å². The molecule has 0 aliphatic carbocycles. The number of hydrogen-bond donors (Lipinski definition) is 3. The van der Waals surface area contributed by atoms with E-state index in [1.165, 1.54) is 12.1 Å². The zero-order chi connectivity index (χ0) is 16.4. The summed E-state index contributed by atoms with van der Waals surface area (Å²) in [4.78, 5) is 16.0. The summed E-state index contributed by atoms with van der Waals surface area (Å²) in [6, 6.07) is 13.5. The van der Waals surface area contributed by atoms with Gasteiger partial charge in [-0.1, -0.05) is 24.3 Å². The molecule has 1 aromatic heterocycles. The van der Waals surface area contributed by atoms with E-state index in [0.29, 0.717) is 5.56 Å². The van der Waals surface area contributed by atoms with Gasteiger partial charge in [0.25, 0.3) is 0 Å². The lowest BCUT2D eigenvalue weighted by Crippen LogP contribution is -2.31. The van der Waals surface area contributed by atoms with Crippen molar-refractivity contribution in [3.63, 3.8) is 0 Å². The van der Waals surface area contributed by atoms with Crippen LogP contribution >= 0.6 is 0 Å². The Morgan fingerprint density at radius 3 is 2.61 bits per heavy atom. The summed E-state index contributed by atoms with van der Waals surface area (Å²) in [5.74, 6) is -1.18. The van der Waals surface area contributed by atoms with E-state index < -0.39 is 17.9 Å². The van der Waals surface area contributed by atoms with Crippen LogP contribution in [0.15, 0.2) is 60.9 Å². The fraction of sp³-hybridized carbons (Fsp3) is 0.111. The quantitative estimate of drug-likeness (QED) is 0.687. The minimum atomic E-state index is -0.721. The number of rotatable bonds is 4. The second-order valence-electron chi connectivity index (χ2n) is 5.48. The average Bonchev–Trinajstić information content (AvgIpc) is 2.54. The Morgan fingerprint density at radius 1 is 1.04 bits per heavy atom. The minimum absolute atomic E-state index is 0.0746. The molecule has 2 atom stereocenters. The number of aromatic nitrogens is 1. The lowest BCUT2D eigenvalue weighted by Gasteiger charge is -2.22. The van der Waals surface area contributed by atoms with Gasteiger partial charge in [0, 0.05) is 23.8 Å². The highest BCUT2D eigenvalue weighted by Crippen LogP contribution is 2.31. The molecule has 0 saturated heterocycles. The molecule has 3 aromatic rings. The molecule has 1 heterocycles. The fourth-order valence-electron chi connectivity index (χ4n) is 2.77. The van der Waals surface area contributed by atoms with Gasteiger partial charge in [-0.05, 0) is 40.8 Å². The van der Waals surface area contributed by atoms with Crippen LogP contribution in [0.2, 0.25) is 0 Å². The maximum atomic E-state index is 11.9. The zero-order valence-electron chi connectivity index (χ0n) is 12.4. The topological polar surface area (TPSA) is 102 Å². The van der Waals surface area contributed by atoms with Crippen molar-refractivity contribution < 1.29 is 9.90 Å². The van der Waals surface area contributed by atoms with Crippen LogP contribution in [0.4, 0.5) is 0 Å². The minimum Gasteiger partial charge on any atom is -0.508 e. The second-order valence-corrected chi connectivity index (χ2v) is 5.48. The van der Waals surface area contributed by atoms with Gasteiger partial charge >= 0.3 is 0 Å². The lowest BCUT2D eigenvalue weighted by molar-refractivity contribution is -0.119. The summed E-state index contributed by atoms with van der Waals surface area (Å²) in [6.45, 7) is 0. The molecule has 0 saturated carbocycles. The Kier molecular flexibility index (Phi) is 3.95. The van der Waals surface area contributed by atoms with Crippen LogP contribution in [-0.4, -0.2) is 16.0 Å². The third-order valence-corrected chi connectivity index (χ3v) is 3.94. The van der Waals surface area contributed by atoms with E-state index in [1.54, 1.807) is 24.5 Å². The Balaban J connectivity index is 2.03. The molecule has 2 unspecified atom stereocenters.